The summed E-state index contributed by atoms with van der Waals surface area (Å²) >= 11 is 1.58. The first-order valence-electron chi connectivity index (χ1n) is 10.5. The van der Waals surface area contributed by atoms with Crippen LogP contribution in [0, 0.1) is 0 Å². The van der Waals surface area contributed by atoms with Crippen molar-refractivity contribution < 1.29 is 4.79 Å². The van der Waals surface area contributed by atoms with Crippen LogP contribution in [0.3, 0.4) is 0 Å². The second kappa shape index (κ2) is 8.36. The fourth-order valence-corrected chi connectivity index (χ4v) is 4.91. The maximum atomic E-state index is 13.3. The molecule has 0 saturated heterocycles. The third kappa shape index (κ3) is 3.85. The van der Waals surface area contributed by atoms with Crippen molar-refractivity contribution in [1.82, 2.24) is 4.98 Å². The van der Waals surface area contributed by atoms with E-state index in [0.717, 1.165) is 41.3 Å². The number of hydrogen-bond donors (Lipinski definition) is 3. The molecule has 0 spiro atoms. The number of benzene rings is 2. The van der Waals surface area contributed by atoms with E-state index in [4.69, 9.17) is 0 Å². The van der Waals surface area contributed by atoms with Crippen molar-refractivity contribution in [2.75, 3.05) is 20.9 Å². The molecular formula is C23H25N5OS. The minimum absolute atomic E-state index is 0.0414. The van der Waals surface area contributed by atoms with Crippen LogP contribution in [0.15, 0.2) is 59.4 Å². The Bertz CT molecular complexity index is 1000. The second-order valence-electron chi connectivity index (χ2n) is 7.82. The largest absolute Gasteiger partial charge is 0.359 e. The zero-order chi connectivity index (χ0) is 20.3. The quantitative estimate of drug-likeness (QED) is 0.481. The number of fused-ring (bicyclic) bond motifs is 1. The third-order valence-electron chi connectivity index (χ3n) is 5.81. The molecule has 1 aliphatic heterocycles. The van der Waals surface area contributed by atoms with Crippen molar-refractivity contribution in [1.29, 1.82) is 0 Å². The molecule has 1 unspecified atom stereocenters. The lowest BCUT2D eigenvalue weighted by atomic mass is 9.94. The Morgan fingerprint density at radius 3 is 2.60 bits per heavy atom. The molecular weight excluding hydrogens is 394 g/mol. The van der Waals surface area contributed by atoms with Crippen molar-refractivity contribution in [3.05, 3.63) is 65.1 Å². The van der Waals surface area contributed by atoms with Gasteiger partial charge in [0.2, 0.25) is 0 Å². The van der Waals surface area contributed by atoms with Gasteiger partial charge in [0.1, 0.15) is 6.17 Å². The van der Waals surface area contributed by atoms with E-state index in [1.54, 1.807) is 11.3 Å². The van der Waals surface area contributed by atoms with Crippen LogP contribution in [0.1, 0.15) is 44.0 Å². The molecule has 3 aromatic rings. The van der Waals surface area contributed by atoms with E-state index >= 15 is 0 Å². The number of amides is 2. The molecule has 0 bridgehead atoms. The van der Waals surface area contributed by atoms with Crippen LogP contribution < -0.4 is 20.9 Å². The molecule has 1 aliphatic carbocycles. The number of carbonyl (C=O) groups is 1. The van der Waals surface area contributed by atoms with E-state index in [1.807, 2.05) is 64.3 Å². The van der Waals surface area contributed by atoms with Crippen LogP contribution in [0.2, 0.25) is 0 Å². The fraction of sp³-hybridized carbons (Fsp3) is 0.304. The van der Waals surface area contributed by atoms with Gasteiger partial charge in [-0.25, -0.2) is 9.78 Å². The van der Waals surface area contributed by atoms with Crippen molar-refractivity contribution >= 4 is 40.1 Å². The number of carbonyl (C=O) groups excluding carboxylic acids is 1. The summed E-state index contributed by atoms with van der Waals surface area (Å²) in [7, 11) is 0. The molecule has 5 rings (SSSR count). The molecule has 3 N–H and O–H groups in total. The Morgan fingerprint density at radius 2 is 1.83 bits per heavy atom. The van der Waals surface area contributed by atoms with Gasteiger partial charge in [-0.15, -0.1) is 11.3 Å². The smallest absolute Gasteiger partial charge is 0.326 e. The number of urea groups is 1. The van der Waals surface area contributed by atoms with Gasteiger partial charge >= 0.3 is 6.03 Å². The highest BCUT2D eigenvalue weighted by atomic mass is 32.1. The summed E-state index contributed by atoms with van der Waals surface area (Å²) in [6, 6.07) is 16.1. The van der Waals surface area contributed by atoms with Gasteiger partial charge in [-0.3, -0.25) is 4.90 Å². The Hall–Kier alpha value is -3.06. The van der Waals surface area contributed by atoms with E-state index in [2.05, 4.69) is 20.9 Å². The van der Waals surface area contributed by atoms with E-state index in [1.165, 1.54) is 19.3 Å². The van der Waals surface area contributed by atoms with Crippen LogP contribution in [0.25, 0.3) is 0 Å². The zero-order valence-corrected chi connectivity index (χ0v) is 17.5. The topological polar surface area (TPSA) is 69.3 Å². The van der Waals surface area contributed by atoms with Gasteiger partial charge in [-0.2, -0.15) is 0 Å². The summed E-state index contributed by atoms with van der Waals surface area (Å²) in [5.74, 6) is 0. The van der Waals surface area contributed by atoms with Crippen LogP contribution in [-0.4, -0.2) is 17.1 Å². The highest BCUT2D eigenvalue weighted by Crippen LogP contribution is 2.37. The molecule has 1 saturated carbocycles. The number of para-hydroxylation sites is 1. The van der Waals surface area contributed by atoms with Gasteiger partial charge in [0.15, 0.2) is 0 Å². The molecule has 1 atom stereocenters. The number of anilines is 4. The first kappa shape index (κ1) is 18.9. The van der Waals surface area contributed by atoms with Crippen LogP contribution in [0.5, 0.6) is 0 Å². The van der Waals surface area contributed by atoms with Gasteiger partial charge in [0.05, 0.1) is 22.6 Å². The van der Waals surface area contributed by atoms with Crippen molar-refractivity contribution in [2.45, 2.75) is 44.3 Å². The first-order chi connectivity index (χ1) is 14.8. The summed E-state index contributed by atoms with van der Waals surface area (Å²) in [5.41, 5.74) is 6.51. The third-order valence-corrected chi connectivity index (χ3v) is 6.42. The Balaban J connectivity index is 1.34. The van der Waals surface area contributed by atoms with E-state index < -0.39 is 0 Å². The summed E-state index contributed by atoms with van der Waals surface area (Å²) in [5, 5.41) is 12.0. The predicted molar refractivity (Wildman–Crippen MR) is 123 cm³/mol. The summed E-state index contributed by atoms with van der Waals surface area (Å²) in [6.07, 6.45) is 5.66. The van der Waals surface area contributed by atoms with Crippen LogP contribution >= 0.6 is 11.3 Å². The van der Waals surface area contributed by atoms with Gasteiger partial charge in [-0.05, 0) is 43.2 Å². The van der Waals surface area contributed by atoms with Crippen molar-refractivity contribution in [3.8, 4) is 0 Å². The van der Waals surface area contributed by atoms with Crippen molar-refractivity contribution in [2.24, 2.45) is 0 Å². The number of thiazole rings is 1. The van der Waals surface area contributed by atoms with E-state index in [9.17, 15) is 4.79 Å². The second-order valence-corrected chi connectivity index (χ2v) is 8.54. The average Bonchev–Trinajstić information content (AvgIpc) is 3.45. The molecule has 1 aromatic heterocycles. The highest BCUT2D eigenvalue weighted by Gasteiger charge is 2.28. The number of hydrogen-bond acceptors (Lipinski definition) is 5. The molecule has 2 amide bonds. The number of nitrogens with one attached hydrogen (secondary N) is 3. The SMILES string of the molecule is O=C(Nc1ccc2c(c1)NC(c1cscn1)N2)N(c1ccccc1)C1CCCCC1. The number of nitrogens with zero attached hydrogens (tertiary/aromatic N) is 2. The Kier molecular flexibility index (Phi) is 5.27. The molecule has 30 heavy (non-hydrogen) atoms. The fourth-order valence-electron chi connectivity index (χ4n) is 4.33. The molecule has 6 nitrogen and oxygen atoms in total. The highest BCUT2D eigenvalue weighted by molar-refractivity contribution is 7.07. The van der Waals surface area contributed by atoms with Crippen LogP contribution in [0.4, 0.5) is 27.5 Å². The summed E-state index contributed by atoms with van der Waals surface area (Å²) in [6.45, 7) is 0. The summed E-state index contributed by atoms with van der Waals surface area (Å²) < 4.78 is 0. The molecule has 2 aliphatic rings. The number of aromatic nitrogens is 1. The van der Waals surface area contributed by atoms with E-state index in [0.29, 0.717) is 0 Å². The van der Waals surface area contributed by atoms with Gasteiger partial charge in [-0.1, -0.05) is 37.5 Å². The molecule has 7 heteroatoms. The lowest BCUT2D eigenvalue weighted by Gasteiger charge is -2.34. The molecule has 154 valence electrons. The predicted octanol–water partition coefficient (Wildman–Crippen LogP) is 6.05. The minimum Gasteiger partial charge on any atom is -0.359 e. The van der Waals surface area contributed by atoms with Gasteiger partial charge in [0.25, 0.3) is 0 Å². The first-order valence-corrected chi connectivity index (χ1v) is 11.4. The maximum absolute atomic E-state index is 13.3. The van der Waals surface area contributed by atoms with Gasteiger partial charge in [0, 0.05) is 22.8 Å². The summed E-state index contributed by atoms with van der Waals surface area (Å²) in [4.78, 5) is 19.7. The zero-order valence-electron chi connectivity index (χ0n) is 16.7. The van der Waals surface area contributed by atoms with Crippen molar-refractivity contribution in [3.63, 3.8) is 0 Å². The lowest BCUT2D eigenvalue weighted by molar-refractivity contribution is 0.252. The normalized spacial score (nSPS) is 18.2. The molecule has 0 radical (unpaired) electrons. The Morgan fingerprint density at radius 1 is 1.03 bits per heavy atom. The van der Waals surface area contributed by atoms with Gasteiger partial charge < -0.3 is 16.0 Å². The van der Waals surface area contributed by atoms with E-state index in [-0.39, 0.29) is 18.2 Å². The maximum Gasteiger partial charge on any atom is 0.326 e. The van der Waals surface area contributed by atoms with Crippen LogP contribution in [-0.2, 0) is 0 Å². The lowest BCUT2D eigenvalue weighted by Crippen LogP contribution is -2.44. The Labute approximate surface area is 180 Å². The molecule has 2 aromatic carbocycles. The monoisotopic (exact) mass is 419 g/mol. The molecule has 2 heterocycles. The minimum atomic E-state index is -0.0740. The average molecular weight is 420 g/mol. The standard InChI is InChI=1S/C23H25N5OS/c29-23(28(17-7-3-1-4-8-17)18-9-5-2-6-10-18)25-16-11-12-19-20(13-16)27-22(26-19)21-14-30-15-24-21/h1,3-4,7-8,11-15,18,22,26-27H,2,5-6,9-10H2,(H,25,29). The number of rotatable bonds is 4. The molecule has 1 fully saturated rings.